The van der Waals surface area contributed by atoms with Gasteiger partial charge in [0.1, 0.15) is 5.75 Å². The minimum absolute atomic E-state index is 0.0270. The van der Waals surface area contributed by atoms with E-state index in [9.17, 15) is 9.59 Å². The molecule has 1 heterocycles. The smallest absolute Gasteiger partial charge is 0.232 e. The number of carbonyl (C=O) groups is 2. The molecule has 4 rings (SSSR count). The summed E-state index contributed by atoms with van der Waals surface area (Å²) in [4.78, 5) is 28.3. The predicted molar refractivity (Wildman–Crippen MR) is 118 cm³/mol. The number of methoxy groups -OCH3 is 3. The van der Waals surface area contributed by atoms with Crippen LogP contribution in [0.1, 0.15) is 42.7 Å². The maximum absolute atomic E-state index is 13.4. The van der Waals surface area contributed by atoms with E-state index in [-0.39, 0.29) is 24.0 Å². The van der Waals surface area contributed by atoms with Crippen molar-refractivity contribution in [2.45, 2.75) is 38.5 Å². The number of allylic oxidation sites excluding steroid dienone is 2. The zero-order valence-electron chi connectivity index (χ0n) is 18.4. The molecule has 2 aromatic rings. The summed E-state index contributed by atoms with van der Waals surface area (Å²) in [5.41, 5.74) is 4.15. The Hall–Kier alpha value is -3.28. The molecule has 0 saturated heterocycles. The second-order valence-corrected chi connectivity index (χ2v) is 7.91. The number of benzene rings is 2. The van der Waals surface area contributed by atoms with Gasteiger partial charge in [0.2, 0.25) is 5.91 Å². The molecule has 1 atom stereocenters. The van der Waals surface area contributed by atoms with Gasteiger partial charge in [-0.25, -0.2) is 0 Å². The molecule has 1 aliphatic carbocycles. The highest BCUT2D eigenvalue weighted by Crippen LogP contribution is 2.48. The van der Waals surface area contributed by atoms with Crippen molar-refractivity contribution in [2.24, 2.45) is 0 Å². The highest BCUT2D eigenvalue weighted by molar-refractivity contribution is 6.07. The lowest BCUT2D eigenvalue weighted by Gasteiger charge is -2.38. The first kappa shape index (κ1) is 21.0. The number of anilines is 1. The quantitative estimate of drug-likeness (QED) is 0.709. The van der Waals surface area contributed by atoms with E-state index >= 15 is 0 Å². The van der Waals surface area contributed by atoms with E-state index < -0.39 is 0 Å². The molecule has 1 unspecified atom stereocenters. The molecule has 0 radical (unpaired) electrons. The molecule has 0 bridgehead atoms. The Bertz CT molecular complexity index is 1070. The van der Waals surface area contributed by atoms with Crippen LogP contribution in [0.15, 0.2) is 47.7 Å². The van der Waals surface area contributed by atoms with Gasteiger partial charge in [-0.1, -0.05) is 12.1 Å². The molecule has 6 heteroatoms. The van der Waals surface area contributed by atoms with E-state index in [0.29, 0.717) is 35.7 Å². The molecule has 0 spiro atoms. The molecule has 162 valence electrons. The molecular weight excluding hydrogens is 394 g/mol. The number of hydrogen-bond acceptors (Lipinski definition) is 5. The monoisotopic (exact) mass is 421 g/mol. The summed E-state index contributed by atoms with van der Waals surface area (Å²) in [6, 6.07) is 11.4. The largest absolute Gasteiger partial charge is 0.496 e. The minimum atomic E-state index is -0.383. The van der Waals surface area contributed by atoms with Crippen LogP contribution in [-0.2, 0) is 9.59 Å². The number of aryl methyl sites for hydroxylation is 1. The number of amides is 1. The molecule has 6 nitrogen and oxygen atoms in total. The Kier molecular flexibility index (Phi) is 5.72. The van der Waals surface area contributed by atoms with E-state index in [2.05, 4.69) is 0 Å². The van der Waals surface area contributed by atoms with Gasteiger partial charge in [0.25, 0.3) is 0 Å². The summed E-state index contributed by atoms with van der Waals surface area (Å²) in [6.07, 6.45) is 2.10. The van der Waals surface area contributed by atoms with Gasteiger partial charge in [-0.2, -0.15) is 0 Å². The average molecular weight is 421 g/mol. The maximum Gasteiger partial charge on any atom is 0.232 e. The number of carbonyl (C=O) groups excluding carboxylic acids is 2. The molecular formula is C25H27NO5. The lowest BCUT2D eigenvalue weighted by molar-refractivity contribution is -0.119. The Morgan fingerprint density at radius 1 is 0.903 bits per heavy atom. The molecule has 0 aromatic heterocycles. The molecule has 0 fully saturated rings. The second-order valence-electron chi connectivity index (χ2n) is 7.91. The summed E-state index contributed by atoms with van der Waals surface area (Å²) >= 11 is 0. The van der Waals surface area contributed by atoms with Crippen LogP contribution in [0.25, 0.3) is 0 Å². The van der Waals surface area contributed by atoms with Crippen LogP contribution < -0.4 is 19.1 Å². The lowest BCUT2D eigenvalue weighted by atomic mass is 9.76. The van der Waals surface area contributed by atoms with Crippen LogP contribution >= 0.6 is 0 Å². The third-order valence-corrected chi connectivity index (χ3v) is 6.05. The van der Waals surface area contributed by atoms with Gasteiger partial charge in [0.15, 0.2) is 17.3 Å². The Balaban J connectivity index is 1.90. The van der Waals surface area contributed by atoms with Gasteiger partial charge in [-0.15, -0.1) is 0 Å². The van der Waals surface area contributed by atoms with Gasteiger partial charge in [0.05, 0.1) is 21.3 Å². The highest BCUT2D eigenvalue weighted by atomic mass is 16.5. The summed E-state index contributed by atoms with van der Waals surface area (Å²) in [6.45, 7) is 2.00. The third-order valence-electron chi connectivity index (χ3n) is 6.05. The van der Waals surface area contributed by atoms with Crippen molar-refractivity contribution < 1.29 is 23.8 Å². The van der Waals surface area contributed by atoms with Crippen LogP contribution in [0.2, 0.25) is 0 Å². The van der Waals surface area contributed by atoms with Crippen LogP contribution in [-0.4, -0.2) is 33.0 Å². The van der Waals surface area contributed by atoms with Gasteiger partial charge in [-0.3, -0.25) is 14.5 Å². The fourth-order valence-electron chi connectivity index (χ4n) is 4.65. The highest BCUT2D eigenvalue weighted by Gasteiger charge is 2.41. The molecule has 2 aromatic carbocycles. The Morgan fingerprint density at radius 3 is 2.29 bits per heavy atom. The fourth-order valence-corrected chi connectivity index (χ4v) is 4.65. The van der Waals surface area contributed by atoms with E-state index in [0.717, 1.165) is 28.9 Å². The maximum atomic E-state index is 13.4. The molecule has 31 heavy (non-hydrogen) atoms. The van der Waals surface area contributed by atoms with E-state index in [1.807, 2.05) is 37.3 Å². The first-order valence-corrected chi connectivity index (χ1v) is 10.4. The molecule has 0 N–H and O–H groups in total. The van der Waals surface area contributed by atoms with Gasteiger partial charge in [-0.05, 0) is 43.5 Å². The van der Waals surface area contributed by atoms with Crippen molar-refractivity contribution in [3.63, 3.8) is 0 Å². The van der Waals surface area contributed by atoms with Gasteiger partial charge in [0, 0.05) is 47.3 Å². The zero-order valence-corrected chi connectivity index (χ0v) is 18.4. The van der Waals surface area contributed by atoms with Crippen LogP contribution in [0, 0.1) is 6.92 Å². The number of ketones is 1. The molecule has 0 saturated carbocycles. The van der Waals surface area contributed by atoms with Crippen molar-refractivity contribution >= 4 is 17.4 Å². The zero-order chi connectivity index (χ0) is 22.1. The van der Waals surface area contributed by atoms with Gasteiger partial charge >= 0.3 is 0 Å². The predicted octanol–water partition coefficient (Wildman–Crippen LogP) is 4.55. The van der Waals surface area contributed by atoms with Crippen molar-refractivity contribution in [1.29, 1.82) is 0 Å². The summed E-state index contributed by atoms with van der Waals surface area (Å²) in [5.74, 6) is 1.33. The Labute approximate surface area is 182 Å². The third kappa shape index (κ3) is 3.67. The molecule has 1 amide bonds. The van der Waals surface area contributed by atoms with Crippen LogP contribution in [0.4, 0.5) is 5.69 Å². The minimum Gasteiger partial charge on any atom is -0.496 e. The number of Topliss-reactive ketones (excluding diaryl/α,β-unsaturated/α-hetero) is 1. The summed E-state index contributed by atoms with van der Waals surface area (Å²) in [7, 11) is 4.70. The van der Waals surface area contributed by atoms with Crippen molar-refractivity contribution in [1.82, 2.24) is 0 Å². The second kappa shape index (κ2) is 8.46. The SMILES string of the molecule is COc1cc(OC)c(C2CC(=O)N(c3cccc(C)c3)C3=C2C(=O)CCC3)cc1OC. The van der Waals surface area contributed by atoms with Crippen LogP contribution in [0.5, 0.6) is 17.2 Å². The standard InChI is InChI=1S/C25H27NO5/c1-15-7-5-8-16(11-15)26-19-9-6-10-20(27)25(19)18(13-24(26)28)17-12-22(30-3)23(31-4)14-21(17)29-2/h5,7-8,11-12,14,18H,6,9-10,13H2,1-4H3. The lowest BCUT2D eigenvalue weighted by Crippen LogP contribution is -2.40. The normalized spacial score (nSPS) is 18.7. The van der Waals surface area contributed by atoms with Crippen molar-refractivity contribution in [3.05, 3.63) is 58.8 Å². The first-order valence-electron chi connectivity index (χ1n) is 10.4. The fraction of sp³-hybridized carbons (Fsp3) is 0.360. The van der Waals surface area contributed by atoms with Crippen molar-refractivity contribution in [2.75, 3.05) is 26.2 Å². The number of nitrogens with zero attached hydrogens (tertiary/aromatic N) is 1. The molecule has 2 aliphatic rings. The molecule has 1 aliphatic heterocycles. The average Bonchev–Trinajstić information content (AvgIpc) is 2.77. The van der Waals surface area contributed by atoms with Gasteiger partial charge < -0.3 is 14.2 Å². The summed E-state index contributed by atoms with van der Waals surface area (Å²) in [5, 5.41) is 0. The topological polar surface area (TPSA) is 65.1 Å². The van der Waals surface area contributed by atoms with Crippen molar-refractivity contribution in [3.8, 4) is 17.2 Å². The van der Waals surface area contributed by atoms with Crippen LogP contribution in [0.3, 0.4) is 0 Å². The van der Waals surface area contributed by atoms with E-state index in [1.165, 1.54) is 0 Å². The van der Waals surface area contributed by atoms with E-state index in [4.69, 9.17) is 14.2 Å². The number of ether oxygens (including phenoxy) is 3. The Morgan fingerprint density at radius 2 is 1.61 bits per heavy atom. The number of rotatable bonds is 5. The number of hydrogen-bond donors (Lipinski definition) is 0. The van der Waals surface area contributed by atoms with E-state index in [1.54, 1.807) is 32.3 Å². The summed E-state index contributed by atoms with van der Waals surface area (Å²) < 4.78 is 16.5. The first-order chi connectivity index (χ1) is 15.0.